The van der Waals surface area contributed by atoms with Crippen LogP contribution in [-0.2, 0) is 6.54 Å². The first-order valence-electron chi connectivity index (χ1n) is 5.10. The molecule has 0 fully saturated rings. The molecule has 0 aliphatic carbocycles. The van der Waals surface area contributed by atoms with Crippen molar-refractivity contribution >= 4 is 39.8 Å². The average molecular weight is 358 g/mol. The van der Waals surface area contributed by atoms with Crippen molar-refractivity contribution in [3.63, 3.8) is 0 Å². The molecule has 0 bridgehead atoms. The number of aromatic nitrogens is 1. The first-order valence-corrected chi connectivity index (χ1v) is 7.00. The van der Waals surface area contributed by atoms with E-state index in [2.05, 4.69) is 32.9 Å². The molecule has 0 aliphatic heterocycles. The van der Waals surface area contributed by atoms with Gasteiger partial charge >= 0.3 is 0 Å². The second-order valence-electron chi connectivity index (χ2n) is 3.54. The molecule has 2 rings (SSSR count). The van der Waals surface area contributed by atoms with Crippen molar-refractivity contribution in [1.82, 2.24) is 10.3 Å². The van der Waals surface area contributed by atoms with Gasteiger partial charge in [-0.1, -0.05) is 0 Å². The van der Waals surface area contributed by atoms with Gasteiger partial charge in [0.1, 0.15) is 0 Å². The maximum atomic E-state index is 11.8. The number of rotatable bonds is 3. The van der Waals surface area contributed by atoms with Gasteiger partial charge in [0.15, 0.2) is 0 Å². The number of benzene rings is 1. The Morgan fingerprint density at radius 3 is 2.71 bits per heavy atom. The Labute approximate surface area is 117 Å². The van der Waals surface area contributed by atoms with E-state index in [1.54, 1.807) is 17.5 Å². The van der Waals surface area contributed by atoms with Crippen LogP contribution in [0.2, 0.25) is 0 Å². The number of nitrogens with one attached hydrogen (secondary N) is 1. The van der Waals surface area contributed by atoms with Crippen LogP contribution in [0.15, 0.2) is 30.5 Å². The minimum absolute atomic E-state index is 0.0487. The normalized spacial score (nSPS) is 10.2. The highest BCUT2D eigenvalue weighted by molar-refractivity contribution is 14.1. The predicted molar refractivity (Wildman–Crippen MR) is 77.2 cm³/mol. The zero-order chi connectivity index (χ0) is 12.3. The van der Waals surface area contributed by atoms with Gasteiger partial charge in [-0.25, -0.2) is 4.98 Å². The summed E-state index contributed by atoms with van der Waals surface area (Å²) in [6, 6.07) is 7.50. The number of nitrogens with zero attached hydrogens (tertiary/aromatic N) is 1. The molecule has 0 saturated heterocycles. The molecule has 2 aromatic rings. The van der Waals surface area contributed by atoms with E-state index in [1.807, 2.05) is 31.2 Å². The van der Waals surface area contributed by atoms with Crippen molar-refractivity contribution in [1.29, 1.82) is 0 Å². The third-order valence-corrected chi connectivity index (χ3v) is 3.83. The standard InChI is InChI=1S/C12H11IN2OS/c1-8-14-6-11(17-8)7-15-12(16)9-2-4-10(13)5-3-9/h2-6H,7H2,1H3,(H,15,16). The van der Waals surface area contributed by atoms with Crippen LogP contribution in [0.25, 0.3) is 0 Å². The van der Waals surface area contributed by atoms with E-state index in [1.165, 1.54) is 0 Å². The van der Waals surface area contributed by atoms with E-state index in [0.29, 0.717) is 12.1 Å². The maximum Gasteiger partial charge on any atom is 0.251 e. The molecule has 17 heavy (non-hydrogen) atoms. The van der Waals surface area contributed by atoms with Gasteiger partial charge < -0.3 is 5.32 Å². The molecular weight excluding hydrogens is 347 g/mol. The molecule has 0 saturated carbocycles. The largest absolute Gasteiger partial charge is 0.347 e. The van der Waals surface area contributed by atoms with Gasteiger partial charge in [0, 0.05) is 20.2 Å². The Kier molecular flexibility index (Phi) is 4.11. The topological polar surface area (TPSA) is 42.0 Å². The minimum Gasteiger partial charge on any atom is -0.347 e. The number of amides is 1. The highest BCUT2D eigenvalue weighted by Gasteiger charge is 2.05. The van der Waals surface area contributed by atoms with Crippen molar-refractivity contribution in [3.05, 3.63) is 49.5 Å². The molecule has 1 aromatic heterocycles. The fourth-order valence-electron chi connectivity index (χ4n) is 1.36. The van der Waals surface area contributed by atoms with Crippen molar-refractivity contribution in [2.75, 3.05) is 0 Å². The number of halogens is 1. The number of aryl methyl sites for hydroxylation is 1. The van der Waals surface area contributed by atoms with E-state index < -0.39 is 0 Å². The Balaban J connectivity index is 1.95. The van der Waals surface area contributed by atoms with Gasteiger partial charge in [-0.05, 0) is 53.8 Å². The summed E-state index contributed by atoms with van der Waals surface area (Å²) >= 11 is 3.82. The second kappa shape index (κ2) is 5.59. The summed E-state index contributed by atoms with van der Waals surface area (Å²) in [5.74, 6) is -0.0487. The van der Waals surface area contributed by atoms with E-state index in [-0.39, 0.29) is 5.91 Å². The lowest BCUT2D eigenvalue weighted by molar-refractivity contribution is 0.0951. The van der Waals surface area contributed by atoms with Crippen LogP contribution in [0.3, 0.4) is 0 Å². The smallest absolute Gasteiger partial charge is 0.251 e. The van der Waals surface area contributed by atoms with Crippen LogP contribution < -0.4 is 5.32 Å². The van der Waals surface area contributed by atoms with E-state index in [9.17, 15) is 4.79 Å². The molecule has 1 aromatic carbocycles. The zero-order valence-corrected chi connectivity index (χ0v) is 12.2. The highest BCUT2D eigenvalue weighted by atomic mass is 127. The Morgan fingerprint density at radius 2 is 2.12 bits per heavy atom. The van der Waals surface area contributed by atoms with Crippen LogP contribution in [0.1, 0.15) is 20.2 Å². The van der Waals surface area contributed by atoms with Crippen molar-refractivity contribution in [3.8, 4) is 0 Å². The highest BCUT2D eigenvalue weighted by Crippen LogP contribution is 2.11. The van der Waals surface area contributed by atoms with Crippen molar-refractivity contribution in [2.24, 2.45) is 0 Å². The molecule has 3 nitrogen and oxygen atoms in total. The molecule has 0 spiro atoms. The fraction of sp³-hybridized carbons (Fsp3) is 0.167. The molecule has 5 heteroatoms. The Morgan fingerprint density at radius 1 is 1.41 bits per heavy atom. The SMILES string of the molecule is Cc1ncc(CNC(=O)c2ccc(I)cc2)s1. The second-order valence-corrected chi connectivity index (χ2v) is 6.10. The molecule has 88 valence electrons. The average Bonchev–Trinajstić information content (AvgIpc) is 2.73. The van der Waals surface area contributed by atoms with Crippen molar-refractivity contribution < 1.29 is 4.79 Å². The number of thiazole rings is 1. The number of hydrogen-bond acceptors (Lipinski definition) is 3. The number of hydrogen-bond donors (Lipinski definition) is 1. The van der Waals surface area contributed by atoms with Gasteiger partial charge in [-0.3, -0.25) is 4.79 Å². The third-order valence-electron chi connectivity index (χ3n) is 2.20. The van der Waals surface area contributed by atoms with Gasteiger partial charge in [0.05, 0.1) is 11.6 Å². The molecule has 0 radical (unpaired) electrons. The lowest BCUT2D eigenvalue weighted by Crippen LogP contribution is -2.22. The Hall–Kier alpha value is -0.950. The summed E-state index contributed by atoms with van der Waals surface area (Å²) in [6.45, 7) is 2.49. The quantitative estimate of drug-likeness (QED) is 0.858. The lowest BCUT2D eigenvalue weighted by Gasteiger charge is -2.03. The van der Waals surface area contributed by atoms with E-state index in [4.69, 9.17) is 0 Å². The van der Waals surface area contributed by atoms with Crippen LogP contribution in [0, 0.1) is 10.5 Å². The lowest BCUT2D eigenvalue weighted by atomic mass is 10.2. The molecule has 1 N–H and O–H groups in total. The van der Waals surface area contributed by atoms with Crippen LogP contribution in [0.5, 0.6) is 0 Å². The first kappa shape index (κ1) is 12.5. The summed E-state index contributed by atoms with van der Waals surface area (Å²) < 4.78 is 1.12. The predicted octanol–water partition coefficient (Wildman–Crippen LogP) is 2.99. The summed E-state index contributed by atoms with van der Waals surface area (Å²) in [4.78, 5) is 17.0. The molecule has 0 aliphatic rings. The molecule has 1 heterocycles. The summed E-state index contributed by atoms with van der Waals surface area (Å²) in [5.41, 5.74) is 0.687. The molecule has 1 amide bonds. The molecular formula is C12H11IN2OS. The van der Waals surface area contributed by atoms with Gasteiger partial charge in [-0.15, -0.1) is 11.3 Å². The van der Waals surface area contributed by atoms with E-state index in [0.717, 1.165) is 13.5 Å². The monoisotopic (exact) mass is 358 g/mol. The summed E-state index contributed by atoms with van der Waals surface area (Å²) in [6.07, 6.45) is 1.80. The fourth-order valence-corrected chi connectivity index (χ4v) is 2.45. The van der Waals surface area contributed by atoms with Gasteiger partial charge in [0.2, 0.25) is 0 Å². The van der Waals surface area contributed by atoms with E-state index >= 15 is 0 Å². The summed E-state index contributed by atoms with van der Waals surface area (Å²) in [7, 11) is 0. The molecule has 0 atom stereocenters. The number of carbonyl (C=O) groups excluding carboxylic acids is 1. The minimum atomic E-state index is -0.0487. The van der Waals surface area contributed by atoms with Crippen LogP contribution in [-0.4, -0.2) is 10.9 Å². The zero-order valence-electron chi connectivity index (χ0n) is 9.24. The van der Waals surface area contributed by atoms with Crippen LogP contribution in [0.4, 0.5) is 0 Å². The van der Waals surface area contributed by atoms with Gasteiger partial charge in [0.25, 0.3) is 5.91 Å². The third kappa shape index (κ3) is 3.50. The van der Waals surface area contributed by atoms with Crippen LogP contribution >= 0.6 is 33.9 Å². The van der Waals surface area contributed by atoms with Gasteiger partial charge in [-0.2, -0.15) is 0 Å². The Bertz CT molecular complexity index is 522. The number of carbonyl (C=O) groups is 1. The van der Waals surface area contributed by atoms with Crippen molar-refractivity contribution in [2.45, 2.75) is 13.5 Å². The first-order chi connectivity index (χ1) is 8.15. The molecule has 0 unspecified atom stereocenters. The maximum absolute atomic E-state index is 11.8. The summed E-state index contributed by atoms with van der Waals surface area (Å²) in [5, 5.41) is 3.89.